The summed E-state index contributed by atoms with van der Waals surface area (Å²) in [5, 5.41) is 0. The number of carbonyl (C=O) groups is 1. The molecule has 1 N–H and O–H groups in total. The molecule has 0 fully saturated rings. The highest BCUT2D eigenvalue weighted by atomic mass is 32.2. The smallest absolute Gasteiger partial charge is 0.342 e. The number of anilines is 3. The van der Waals surface area contributed by atoms with Gasteiger partial charge in [-0.1, -0.05) is 83.9 Å². The minimum atomic E-state index is -4.70. The second-order valence-corrected chi connectivity index (χ2v) is 12.9. The average molecular weight is 642 g/mol. The summed E-state index contributed by atoms with van der Waals surface area (Å²) in [6.45, 7) is 3.89. The summed E-state index contributed by atoms with van der Waals surface area (Å²) in [6.07, 6.45) is -5.91. The van der Waals surface area contributed by atoms with E-state index in [9.17, 15) is 26.4 Å². The van der Waals surface area contributed by atoms with Crippen molar-refractivity contribution in [3.8, 4) is 0 Å². The molecule has 1 aliphatic heterocycles. The van der Waals surface area contributed by atoms with Crippen LogP contribution in [0.4, 0.5) is 30.2 Å². The van der Waals surface area contributed by atoms with Crippen molar-refractivity contribution in [2.75, 3.05) is 14.5 Å². The lowest BCUT2D eigenvalue weighted by atomic mass is 9.95. The van der Waals surface area contributed by atoms with Crippen LogP contribution in [0.3, 0.4) is 0 Å². The lowest BCUT2D eigenvalue weighted by molar-refractivity contribution is -0.138. The molecule has 1 aliphatic rings. The maximum Gasteiger partial charge on any atom is 0.416 e. The number of nitrogens with zero attached hydrogens (tertiary/aromatic N) is 2. The monoisotopic (exact) mass is 641 g/mol. The Labute approximate surface area is 265 Å². The topological polar surface area (TPSA) is 69.7 Å². The van der Waals surface area contributed by atoms with Gasteiger partial charge in [0, 0.05) is 23.5 Å². The summed E-state index contributed by atoms with van der Waals surface area (Å²) in [4.78, 5) is 17.4. The average Bonchev–Trinajstić information content (AvgIpc) is 3.03. The number of hydrogen-bond acceptors (Lipinski definition) is 4. The number of carbonyl (C=O) groups excluding carboxylic acids is 1. The Morgan fingerprint density at radius 1 is 0.761 bits per heavy atom. The highest BCUT2D eigenvalue weighted by Gasteiger charge is 2.44. The number of hydrogen-bond donors (Lipinski definition) is 1. The molecule has 6 nitrogen and oxygen atoms in total. The van der Waals surface area contributed by atoms with Crippen LogP contribution < -0.4 is 14.5 Å². The number of halogens is 3. The fraction of sp³-hybridized carbons (Fsp3) is 0.139. The van der Waals surface area contributed by atoms with E-state index < -0.39 is 33.8 Å². The first-order valence-corrected chi connectivity index (χ1v) is 16.0. The second-order valence-electron chi connectivity index (χ2n) is 11.2. The maximum absolute atomic E-state index is 14.5. The zero-order chi connectivity index (χ0) is 32.6. The van der Waals surface area contributed by atoms with Crippen molar-refractivity contribution >= 4 is 33.0 Å². The molecule has 1 amide bonds. The molecule has 0 bridgehead atoms. The quantitative estimate of drug-likeness (QED) is 0.194. The van der Waals surface area contributed by atoms with E-state index in [0.29, 0.717) is 17.1 Å². The van der Waals surface area contributed by atoms with Gasteiger partial charge in [-0.3, -0.25) is 14.4 Å². The molecule has 0 spiro atoms. The van der Waals surface area contributed by atoms with Gasteiger partial charge in [-0.25, -0.2) is 8.42 Å². The van der Waals surface area contributed by atoms with Crippen LogP contribution in [0.15, 0.2) is 126 Å². The molecule has 0 unspecified atom stereocenters. The SMILES string of the molecule is Cc1ccc(NS(=O)(=O)c2ccc3c(c2)C(=O)N(c2ccc(C)cc2)[C@H](c2ccccc2C(F)(F)F)N3Cc2ccccc2)cc1. The van der Waals surface area contributed by atoms with Crippen LogP contribution in [0.5, 0.6) is 0 Å². The molecule has 5 aromatic carbocycles. The predicted molar refractivity (Wildman–Crippen MR) is 173 cm³/mol. The molecule has 234 valence electrons. The largest absolute Gasteiger partial charge is 0.416 e. The van der Waals surface area contributed by atoms with Crippen molar-refractivity contribution in [2.24, 2.45) is 0 Å². The Bertz CT molecular complexity index is 2000. The Morgan fingerprint density at radius 2 is 1.37 bits per heavy atom. The molecule has 1 heterocycles. The van der Waals surface area contributed by atoms with E-state index in [0.717, 1.165) is 22.8 Å². The molecule has 0 radical (unpaired) electrons. The van der Waals surface area contributed by atoms with Crippen LogP contribution in [-0.2, 0) is 22.7 Å². The van der Waals surface area contributed by atoms with Gasteiger partial charge >= 0.3 is 6.18 Å². The molecule has 6 rings (SSSR count). The van der Waals surface area contributed by atoms with Gasteiger partial charge in [-0.2, -0.15) is 13.2 Å². The molecule has 0 aromatic heterocycles. The number of fused-ring (bicyclic) bond motifs is 1. The summed E-state index contributed by atoms with van der Waals surface area (Å²) < 4.78 is 73.1. The lowest BCUT2D eigenvalue weighted by Crippen LogP contribution is -2.50. The van der Waals surface area contributed by atoms with Crippen LogP contribution in [-0.4, -0.2) is 14.3 Å². The van der Waals surface area contributed by atoms with E-state index in [1.165, 1.54) is 41.3 Å². The fourth-order valence-electron chi connectivity index (χ4n) is 5.65. The van der Waals surface area contributed by atoms with Crippen molar-refractivity contribution in [2.45, 2.75) is 37.6 Å². The molecule has 5 aromatic rings. The first-order chi connectivity index (χ1) is 21.9. The lowest BCUT2D eigenvalue weighted by Gasteiger charge is -2.46. The van der Waals surface area contributed by atoms with Gasteiger partial charge in [0.05, 0.1) is 21.7 Å². The predicted octanol–water partition coefficient (Wildman–Crippen LogP) is 8.49. The van der Waals surface area contributed by atoms with E-state index >= 15 is 0 Å². The number of nitrogens with one attached hydrogen (secondary N) is 1. The summed E-state index contributed by atoms with van der Waals surface area (Å²) >= 11 is 0. The van der Waals surface area contributed by atoms with E-state index in [2.05, 4.69) is 4.72 Å². The number of aryl methyl sites for hydroxylation is 2. The minimum absolute atomic E-state index is 0.0454. The summed E-state index contributed by atoms with van der Waals surface area (Å²) in [5.41, 5.74) is 2.75. The summed E-state index contributed by atoms with van der Waals surface area (Å²) in [5.74, 6) is -0.627. The van der Waals surface area contributed by atoms with Gasteiger partial charge in [-0.15, -0.1) is 0 Å². The van der Waals surface area contributed by atoms with E-state index in [4.69, 9.17) is 0 Å². The zero-order valence-electron chi connectivity index (χ0n) is 25.0. The van der Waals surface area contributed by atoms with E-state index in [-0.39, 0.29) is 22.6 Å². The normalized spacial score (nSPS) is 15.1. The van der Waals surface area contributed by atoms with E-state index in [1.54, 1.807) is 53.4 Å². The van der Waals surface area contributed by atoms with Crippen LogP contribution in [0, 0.1) is 13.8 Å². The number of benzene rings is 5. The number of amides is 1. The van der Waals surface area contributed by atoms with Gasteiger partial charge in [0.1, 0.15) is 6.17 Å². The van der Waals surface area contributed by atoms with Crippen molar-refractivity contribution in [3.63, 3.8) is 0 Å². The first-order valence-electron chi connectivity index (χ1n) is 14.5. The molecular formula is C36H30F3N3O3S. The standard InChI is InChI=1S/C36H30F3N3O3S/c1-24-12-16-27(17-13-24)40-46(44,45)29-20-21-33-31(22-29)35(43)42(28-18-14-25(2)15-19-28)34(41(33)23-26-8-4-3-5-9-26)30-10-6-7-11-32(30)36(37,38)39/h3-22,34,40H,23H2,1-2H3/t34-/m1/s1. The van der Waals surface area contributed by atoms with Crippen LogP contribution >= 0.6 is 0 Å². The molecular weight excluding hydrogens is 611 g/mol. The van der Waals surface area contributed by atoms with Gasteiger partial charge in [0.2, 0.25) is 0 Å². The van der Waals surface area contributed by atoms with Crippen molar-refractivity contribution in [1.82, 2.24) is 0 Å². The van der Waals surface area contributed by atoms with Gasteiger partial charge in [0.15, 0.2) is 0 Å². The Hall–Kier alpha value is -5.09. The third-order valence-electron chi connectivity index (χ3n) is 7.93. The number of alkyl halides is 3. The van der Waals surface area contributed by atoms with Gasteiger partial charge in [-0.05, 0) is 67.9 Å². The van der Waals surface area contributed by atoms with Crippen LogP contribution in [0.25, 0.3) is 0 Å². The molecule has 0 saturated heterocycles. The number of sulfonamides is 1. The summed E-state index contributed by atoms with van der Waals surface area (Å²) in [6, 6.07) is 32.3. The second kappa shape index (κ2) is 12.0. The van der Waals surface area contributed by atoms with Crippen molar-refractivity contribution < 1.29 is 26.4 Å². The Kier molecular flexibility index (Phi) is 8.08. The van der Waals surface area contributed by atoms with E-state index in [1.807, 2.05) is 44.2 Å². The van der Waals surface area contributed by atoms with Gasteiger partial charge in [0.25, 0.3) is 15.9 Å². The van der Waals surface area contributed by atoms with Crippen LogP contribution in [0.1, 0.15) is 44.3 Å². The van der Waals surface area contributed by atoms with Gasteiger partial charge < -0.3 is 4.90 Å². The highest BCUT2D eigenvalue weighted by molar-refractivity contribution is 7.92. The first kappa shape index (κ1) is 30.9. The molecule has 10 heteroatoms. The molecule has 0 saturated carbocycles. The van der Waals surface area contributed by atoms with Crippen LogP contribution in [0.2, 0.25) is 0 Å². The third-order valence-corrected chi connectivity index (χ3v) is 9.31. The maximum atomic E-state index is 14.5. The molecule has 1 atom stereocenters. The summed E-state index contributed by atoms with van der Waals surface area (Å²) in [7, 11) is -4.13. The Balaban J connectivity index is 1.57. The van der Waals surface area contributed by atoms with Crippen molar-refractivity contribution in [3.05, 3.63) is 155 Å². The fourth-order valence-corrected chi connectivity index (χ4v) is 6.74. The third kappa shape index (κ3) is 6.08. The number of rotatable bonds is 7. The Morgan fingerprint density at radius 3 is 2.02 bits per heavy atom. The highest BCUT2D eigenvalue weighted by Crippen LogP contribution is 2.46. The zero-order valence-corrected chi connectivity index (χ0v) is 25.8. The van der Waals surface area contributed by atoms with Crippen molar-refractivity contribution in [1.29, 1.82) is 0 Å². The minimum Gasteiger partial charge on any atom is -0.342 e. The molecule has 0 aliphatic carbocycles. The molecule has 46 heavy (non-hydrogen) atoms.